The van der Waals surface area contributed by atoms with Crippen LogP contribution in [0.4, 0.5) is 5.69 Å². The first-order chi connectivity index (χ1) is 10.0. The molecule has 0 unspecified atom stereocenters. The maximum absolute atomic E-state index is 12.2. The molecule has 0 bridgehead atoms. The number of benzene rings is 1. The van der Waals surface area contributed by atoms with E-state index in [4.69, 9.17) is 0 Å². The van der Waals surface area contributed by atoms with Gasteiger partial charge >= 0.3 is 5.97 Å². The molecule has 2 aromatic rings. The summed E-state index contributed by atoms with van der Waals surface area (Å²) >= 11 is 0. The van der Waals surface area contributed by atoms with Crippen molar-refractivity contribution in [1.29, 1.82) is 0 Å². The van der Waals surface area contributed by atoms with Gasteiger partial charge in [-0.15, -0.1) is 0 Å². The van der Waals surface area contributed by atoms with E-state index in [9.17, 15) is 9.59 Å². The lowest BCUT2D eigenvalue weighted by molar-refractivity contribution is 0.0600. The highest BCUT2D eigenvalue weighted by atomic mass is 16.5. The van der Waals surface area contributed by atoms with Crippen LogP contribution in [-0.4, -0.2) is 24.0 Å². The molecular formula is C16H16N2O3. The fraction of sp³-hybridized carbons (Fsp3) is 0.188. The predicted octanol–water partition coefficient (Wildman–Crippen LogP) is 2.74. The average Bonchev–Trinajstić information content (AvgIpc) is 2.50. The highest BCUT2D eigenvalue weighted by Crippen LogP contribution is 2.20. The number of aromatic nitrogens is 1. The van der Waals surface area contributed by atoms with Crippen LogP contribution in [0, 0.1) is 13.8 Å². The van der Waals surface area contributed by atoms with Crippen LogP contribution in [0.5, 0.6) is 0 Å². The Bertz CT molecular complexity index is 658. The summed E-state index contributed by atoms with van der Waals surface area (Å²) in [4.78, 5) is 27.5. The molecule has 0 fully saturated rings. The van der Waals surface area contributed by atoms with Crippen molar-refractivity contribution in [2.24, 2.45) is 0 Å². The van der Waals surface area contributed by atoms with Crippen molar-refractivity contribution in [1.82, 2.24) is 4.98 Å². The largest absolute Gasteiger partial charge is 0.465 e. The second-order valence-corrected chi connectivity index (χ2v) is 4.64. The van der Waals surface area contributed by atoms with Crippen molar-refractivity contribution in [3.63, 3.8) is 0 Å². The molecule has 5 nitrogen and oxygen atoms in total. The van der Waals surface area contributed by atoms with Crippen LogP contribution < -0.4 is 5.32 Å². The van der Waals surface area contributed by atoms with E-state index in [2.05, 4.69) is 15.0 Å². The number of para-hydroxylation sites is 1. The molecule has 1 aromatic carbocycles. The van der Waals surface area contributed by atoms with E-state index in [0.29, 0.717) is 5.56 Å². The SMILES string of the molecule is COC(=O)c1ccc(C(=O)Nc2c(C)cccc2C)nc1. The highest BCUT2D eigenvalue weighted by Gasteiger charge is 2.12. The van der Waals surface area contributed by atoms with Gasteiger partial charge in [-0.05, 0) is 37.1 Å². The maximum Gasteiger partial charge on any atom is 0.339 e. The zero-order chi connectivity index (χ0) is 15.4. The molecule has 0 spiro atoms. The number of rotatable bonds is 3. The van der Waals surface area contributed by atoms with E-state index >= 15 is 0 Å². The van der Waals surface area contributed by atoms with Crippen molar-refractivity contribution in [3.8, 4) is 0 Å². The number of carbonyl (C=O) groups is 2. The third-order valence-electron chi connectivity index (χ3n) is 3.14. The topological polar surface area (TPSA) is 68.3 Å². The molecule has 0 radical (unpaired) electrons. The number of nitrogens with zero attached hydrogens (tertiary/aromatic N) is 1. The van der Waals surface area contributed by atoms with Crippen molar-refractivity contribution < 1.29 is 14.3 Å². The van der Waals surface area contributed by atoms with Crippen LogP contribution in [0.25, 0.3) is 0 Å². The molecule has 1 heterocycles. The molecule has 0 saturated carbocycles. The Balaban J connectivity index is 2.19. The Morgan fingerprint density at radius 2 is 1.76 bits per heavy atom. The van der Waals surface area contributed by atoms with Gasteiger partial charge in [0.1, 0.15) is 5.69 Å². The van der Waals surface area contributed by atoms with Gasteiger partial charge in [0.05, 0.1) is 12.7 Å². The van der Waals surface area contributed by atoms with Crippen molar-refractivity contribution >= 4 is 17.6 Å². The minimum atomic E-state index is -0.482. The number of methoxy groups -OCH3 is 1. The number of pyridine rings is 1. The normalized spacial score (nSPS) is 10.0. The molecule has 5 heteroatoms. The molecular weight excluding hydrogens is 268 g/mol. The molecule has 0 aliphatic rings. The summed E-state index contributed by atoms with van der Waals surface area (Å²) < 4.78 is 4.58. The average molecular weight is 284 g/mol. The zero-order valence-corrected chi connectivity index (χ0v) is 12.1. The lowest BCUT2D eigenvalue weighted by atomic mass is 10.1. The van der Waals surface area contributed by atoms with Gasteiger partial charge in [0, 0.05) is 11.9 Å². The smallest absolute Gasteiger partial charge is 0.339 e. The van der Waals surface area contributed by atoms with Crippen LogP contribution in [-0.2, 0) is 4.74 Å². The van der Waals surface area contributed by atoms with Gasteiger partial charge in [0.15, 0.2) is 0 Å². The number of hydrogen-bond donors (Lipinski definition) is 1. The second-order valence-electron chi connectivity index (χ2n) is 4.64. The summed E-state index contributed by atoms with van der Waals surface area (Å²) in [6, 6.07) is 8.80. The van der Waals surface area contributed by atoms with E-state index in [1.807, 2.05) is 32.0 Å². The monoisotopic (exact) mass is 284 g/mol. The molecule has 1 amide bonds. The molecule has 2 rings (SSSR count). The predicted molar refractivity (Wildman–Crippen MR) is 79.4 cm³/mol. The summed E-state index contributed by atoms with van der Waals surface area (Å²) in [6.45, 7) is 3.85. The molecule has 21 heavy (non-hydrogen) atoms. The molecule has 1 N–H and O–H groups in total. The summed E-state index contributed by atoms with van der Waals surface area (Å²) in [7, 11) is 1.30. The zero-order valence-electron chi connectivity index (χ0n) is 12.1. The number of esters is 1. The summed E-state index contributed by atoms with van der Waals surface area (Å²) in [6.07, 6.45) is 1.32. The molecule has 0 aliphatic carbocycles. The number of aryl methyl sites for hydroxylation is 2. The second kappa shape index (κ2) is 6.17. The fourth-order valence-electron chi connectivity index (χ4n) is 1.96. The van der Waals surface area contributed by atoms with Gasteiger partial charge < -0.3 is 10.1 Å². The molecule has 108 valence electrons. The first-order valence-electron chi connectivity index (χ1n) is 6.45. The number of ether oxygens (including phenoxy) is 1. The van der Waals surface area contributed by atoms with E-state index in [1.54, 1.807) is 0 Å². The molecule has 0 aliphatic heterocycles. The minimum absolute atomic E-state index is 0.241. The van der Waals surface area contributed by atoms with E-state index < -0.39 is 5.97 Å². The molecule has 0 atom stereocenters. The van der Waals surface area contributed by atoms with Crippen molar-refractivity contribution in [2.75, 3.05) is 12.4 Å². The Labute approximate surface area is 123 Å². The number of hydrogen-bond acceptors (Lipinski definition) is 4. The minimum Gasteiger partial charge on any atom is -0.465 e. The lowest BCUT2D eigenvalue weighted by Gasteiger charge is -2.11. The Morgan fingerprint density at radius 3 is 2.29 bits per heavy atom. The Hall–Kier alpha value is -2.69. The highest BCUT2D eigenvalue weighted by molar-refractivity contribution is 6.04. The van der Waals surface area contributed by atoms with Crippen molar-refractivity contribution in [3.05, 3.63) is 58.9 Å². The number of amides is 1. The van der Waals surface area contributed by atoms with E-state index in [0.717, 1.165) is 16.8 Å². The third kappa shape index (κ3) is 3.25. The maximum atomic E-state index is 12.2. The number of carbonyl (C=O) groups excluding carboxylic acids is 2. The van der Waals surface area contributed by atoms with Crippen molar-refractivity contribution in [2.45, 2.75) is 13.8 Å². The molecule has 0 saturated heterocycles. The van der Waals surface area contributed by atoms with Crippen LogP contribution in [0.3, 0.4) is 0 Å². The van der Waals surface area contributed by atoms with Crippen LogP contribution in [0.1, 0.15) is 32.0 Å². The van der Waals surface area contributed by atoms with Gasteiger partial charge in [0.2, 0.25) is 0 Å². The summed E-state index contributed by atoms with van der Waals surface area (Å²) in [5.74, 6) is -0.798. The van der Waals surface area contributed by atoms with Crippen LogP contribution >= 0.6 is 0 Å². The van der Waals surface area contributed by atoms with Crippen LogP contribution in [0.15, 0.2) is 36.5 Å². The first kappa shape index (κ1) is 14.7. The Morgan fingerprint density at radius 1 is 1.10 bits per heavy atom. The molecule has 1 aromatic heterocycles. The van der Waals surface area contributed by atoms with Gasteiger partial charge in [-0.1, -0.05) is 18.2 Å². The lowest BCUT2D eigenvalue weighted by Crippen LogP contribution is -2.15. The van der Waals surface area contributed by atoms with E-state index in [1.165, 1.54) is 25.4 Å². The summed E-state index contributed by atoms with van der Waals surface area (Å²) in [5.41, 5.74) is 3.29. The van der Waals surface area contributed by atoms with Gasteiger partial charge in [-0.25, -0.2) is 4.79 Å². The first-order valence-corrected chi connectivity index (χ1v) is 6.45. The van der Waals surface area contributed by atoms with E-state index in [-0.39, 0.29) is 11.6 Å². The third-order valence-corrected chi connectivity index (χ3v) is 3.14. The number of nitrogens with one attached hydrogen (secondary N) is 1. The van der Waals surface area contributed by atoms with Crippen LogP contribution in [0.2, 0.25) is 0 Å². The van der Waals surface area contributed by atoms with Gasteiger partial charge in [0.25, 0.3) is 5.91 Å². The Kier molecular flexibility index (Phi) is 4.33. The quantitative estimate of drug-likeness (QED) is 0.880. The fourth-order valence-corrected chi connectivity index (χ4v) is 1.96. The summed E-state index contributed by atoms with van der Waals surface area (Å²) in [5, 5.41) is 2.84. The standard InChI is InChI=1S/C16H16N2O3/c1-10-5-4-6-11(2)14(10)18-15(19)13-8-7-12(9-17-13)16(20)21-3/h4-9H,1-3H3,(H,18,19). The number of anilines is 1. The van der Waals surface area contributed by atoms with Gasteiger partial charge in [-0.2, -0.15) is 0 Å². The van der Waals surface area contributed by atoms with Gasteiger partial charge in [-0.3, -0.25) is 9.78 Å².